The Morgan fingerprint density at radius 2 is 1.60 bits per heavy atom. The second-order valence-electron chi connectivity index (χ2n) is 7.97. The van der Waals surface area contributed by atoms with Crippen molar-refractivity contribution in [2.45, 2.75) is 64.2 Å². The first kappa shape index (κ1) is 21.9. The van der Waals surface area contributed by atoms with Crippen LogP contribution in [0.4, 0.5) is 11.4 Å². The number of nitrogens with one attached hydrogen (secondary N) is 2. The molecule has 0 unspecified atom stereocenters. The highest BCUT2D eigenvalue weighted by Crippen LogP contribution is 2.33. The van der Waals surface area contributed by atoms with Gasteiger partial charge in [-0.2, -0.15) is 0 Å². The molecule has 160 valence electrons. The number of carbonyl (C=O) groups excluding carboxylic acids is 2. The summed E-state index contributed by atoms with van der Waals surface area (Å²) in [4.78, 5) is 24.1. The van der Waals surface area contributed by atoms with E-state index >= 15 is 0 Å². The summed E-state index contributed by atoms with van der Waals surface area (Å²) in [6, 6.07) is 15.3. The largest absolute Gasteiger partial charge is 0.484 e. The summed E-state index contributed by atoms with van der Waals surface area (Å²) in [7, 11) is 0. The highest BCUT2D eigenvalue weighted by molar-refractivity contribution is 5.94. The number of hydrogen-bond acceptors (Lipinski definition) is 3. The van der Waals surface area contributed by atoms with Gasteiger partial charge in [-0.05, 0) is 61.1 Å². The lowest BCUT2D eigenvalue weighted by molar-refractivity contribution is -0.118. The molecule has 0 aromatic heterocycles. The van der Waals surface area contributed by atoms with E-state index in [1.807, 2.05) is 18.2 Å². The second-order valence-corrected chi connectivity index (χ2v) is 7.97. The highest BCUT2D eigenvalue weighted by atomic mass is 16.5. The van der Waals surface area contributed by atoms with Crippen molar-refractivity contribution in [2.24, 2.45) is 0 Å². The van der Waals surface area contributed by atoms with E-state index in [1.54, 1.807) is 18.2 Å². The third-order valence-corrected chi connectivity index (χ3v) is 5.51. The van der Waals surface area contributed by atoms with Crippen molar-refractivity contribution >= 4 is 23.2 Å². The second kappa shape index (κ2) is 11.4. The molecule has 1 fully saturated rings. The van der Waals surface area contributed by atoms with Crippen LogP contribution in [0.15, 0.2) is 48.5 Å². The average Bonchev–Trinajstić information content (AvgIpc) is 2.77. The lowest BCUT2D eigenvalue weighted by Crippen LogP contribution is -2.20. The number of ether oxygens (including phenoxy) is 1. The Morgan fingerprint density at radius 3 is 2.27 bits per heavy atom. The average molecular weight is 409 g/mol. The molecule has 0 heterocycles. The molecule has 0 atom stereocenters. The number of amides is 2. The van der Waals surface area contributed by atoms with E-state index in [-0.39, 0.29) is 18.4 Å². The van der Waals surface area contributed by atoms with Crippen molar-refractivity contribution in [3.05, 3.63) is 54.1 Å². The monoisotopic (exact) mass is 408 g/mol. The standard InChI is InChI=1S/C25H32N2O3/c1-2-3-12-24(28)26-21-10-7-11-22(17-21)27-25(29)18-30-23-15-13-20(14-16-23)19-8-5-4-6-9-19/h7,10-11,13-17,19H,2-6,8-9,12,18H2,1H3,(H,26,28)(H,27,29). The predicted octanol–water partition coefficient (Wildman–Crippen LogP) is 5.88. The normalized spacial score (nSPS) is 14.2. The van der Waals surface area contributed by atoms with Crippen LogP contribution >= 0.6 is 0 Å². The fourth-order valence-electron chi connectivity index (χ4n) is 3.85. The smallest absolute Gasteiger partial charge is 0.262 e. The SMILES string of the molecule is CCCCC(=O)Nc1cccc(NC(=O)COc2ccc(C3CCCCC3)cc2)c1. The molecule has 5 nitrogen and oxygen atoms in total. The van der Waals surface area contributed by atoms with Crippen molar-refractivity contribution in [2.75, 3.05) is 17.2 Å². The molecule has 5 heteroatoms. The molecule has 2 amide bonds. The maximum absolute atomic E-state index is 12.3. The molecule has 0 bridgehead atoms. The molecular formula is C25H32N2O3. The Hall–Kier alpha value is -2.82. The first-order valence-electron chi connectivity index (χ1n) is 11.1. The maximum atomic E-state index is 12.3. The minimum absolute atomic E-state index is 0.0136. The van der Waals surface area contributed by atoms with E-state index in [1.165, 1.54) is 37.7 Å². The number of benzene rings is 2. The van der Waals surface area contributed by atoms with Gasteiger partial charge in [-0.3, -0.25) is 9.59 Å². The van der Waals surface area contributed by atoms with Gasteiger partial charge < -0.3 is 15.4 Å². The van der Waals surface area contributed by atoms with Gasteiger partial charge in [-0.15, -0.1) is 0 Å². The van der Waals surface area contributed by atoms with Crippen LogP contribution in [0.2, 0.25) is 0 Å². The van der Waals surface area contributed by atoms with Crippen LogP contribution < -0.4 is 15.4 Å². The van der Waals surface area contributed by atoms with Crippen LogP contribution in [0.3, 0.4) is 0 Å². The lowest BCUT2D eigenvalue weighted by atomic mass is 9.84. The van der Waals surface area contributed by atoms with E-state index in [0.717, 1.165) is 12.8 Å². The van der Waals surface area contributed by atoms with Crippen molar-refractivity contribution in [1.29, 1.82) is 0 Å². The summed E-state index contributed by atoms with van der Waals surface area (Å²) in [5.74, 6) is 1.11. The Balaban J connectivity index is 1.46. The lowest BCUT2D eigenvalue weighted by Gasteiger charge is -2.22. The fourth-order valence-corrected chi connectivity index (χ4v) is 3.85. The Kier molecular flexibility index (Phi) is 8.30. The molecule has 0 radical (unpaired) electrons. The maximum Gasteiger partial charge on any atom is 0.262 e. The molecule has 30 heavy (non-hydrogen) atoms. The minimum atomic E-state index is -0.235. The van der Waals surface area contributed by atoms with Gasteiger partial charge in [0, 0.05) is 17.8 Å². The third-order valence-electron chi connectivity index (χ3n) is 5.51. The van der Waals surface area contributed by atoms with Crippen LogP contribution in [0.5, 0.6) is 5.75 Å². The van der Waals surface area contributed by atoms with Crippen LogP contribution in [-0.2, 0) is 9.59 Å². The molecule has 3 rings (SSSR count). The highest BCUT2D eigenvalue weighted by Gasteiger charge is 2.15. The fraction of sp³-hybridized carbons (Fsp3) is 0.440. The van der Waals surface area contributed by atoms with Gasteiger partial charge in [0.05, 0.1) is 0 Å². The van der Waals surface area contributed by atoms with E-state index in [2.05, 4.69) is 29.7 Å². The van der Waals surface area contributed by atoms with E-state index in [4.69, 9.17) is 4.74 Å². The van der Waals surface area contributed by atoms with Gasteiger partial charge in [-0.25, -0.2) is 0 Å². The summed E-state index contributed by atoms with van der Waals surface area (Å²) in [6.45, 7) is 1.99. The van der Waals surface area contributed by atoms with Gasteiger partial charge in [-0.1, -0.05) is 50.8 Å². The number of rotatable bonds is 9. The van der Waals surface area contributed by atoms with Crippen LogP contribution in [0.1, 0.15) is 69.8 Å². The molecule has 2 aromatic carbocycles. The van der Waals surface area contributed by atoms with Gasteiger partial charge >= 0.3 is 0 Å². The Morgan fingerprint density at radius 1 is 0.933 bits per heavy atom. The number of carbonyl (C=O) groups is 2. The molecule has 0 saturated heterocycles. The van der Waals surface area contributed by atoms with E-state index in [9.17, 15) is 9.59 Å². The van der Waals surface area contributed by atoms with E-state index < -0.39 is 0 Å². The van der Waals surface area contributed by atoms with Gasteiger partial charge in [0.25, 0.3) is 5.91 Å². The summed E-state index contributed by atoms with van der Waals surface area (Å²) in [5.41, 5.74) is 2.67. The third kappa shape index (κ3) is 6.90. The van der Waals surface area contributed by atoms with Crippen molar-refractivity contribution < 1.29 is 14.3 Å². The molecule has 1 aliphatic rings. The summed E-state index contributed by atoms with van der Waals surface area (Å²) >= 11 is 0. The molecule has 2 aromatic rings. The number of unbranched alkanes of at least 4 members (excludes halogenated alkanes) is 1. The first-order chi connectivity index (χ1) is 14.6. The Bertz CT molecular complexity index is 827. The predicted molar refractivity (Wildman–Crippen MR) is 121 cm³/mol. The summed E-state index contributed by atoms with van der Waals surface area (Å²) in [5, 5.41) is 5.68. The zero-order valence-corrected chi connectivity index (χ0v) is 17.8. The van der Waals surface area contributed by atoms with E-state index in [0.29, 0.717) is 29.5 Å². The number of hydrogen-bond donors (Lipinski definition) is 2. The van der Waals surface area contributed by atoms with Crippen LogP contribution in [0, 0.1) is 0 Å². The molecule has 2 N–H and O–H groups in total. The molecule has 1 aliphatic carbocycles. The molecular weight excluding hydrogens is 376 g/mol. The van der Waals surface area contributed by atoms with Gasteiger partial charge in [0.2, 0.25) is 5.91 Å². The van der Waals surface area contributed by atoms with Crippen molar-refractivity contribution in [3.8, 4) is 5.75 Å². The zero-order chi connectivity index (χ0) is 21.2. The number of anilines is 2. The molecule has 0 spiro atoms. The van der Waals surface area contributed by atoms with Crippen molar-refractivity contribution in [1.82, 2.24) is 0 Å². The zero-order valence-electron chi connectivity index (χ0n) is 17.8. The summed E-state index contributed by atoms with van der Waals surface area (Å²) < 4.78 is 5.64. The Labute approximate surface area is 179 Å². The molecule has 1 saturated carbocycles. The van der Waals surface area contributed by atoms with Crippen molar-refractivity contribution in [3.63, 3.8) is 0 Å². The van der Waals surface area contributed by atoms with Gasteiger partial charge in [0.15, 0.2) is 6.61 Å². The first-order valence-corrected chi connectivity index (χ1v) is 11.1. The van der Waals surface area contributed by atoms with Crippen LogP contribution in [-0.4, -0.2) is 18.4 Å². The topological polar surface area (TPSA) is 67.4 Å². The summed E-state index contributed by atoms with van der Waals surface area (Å²) in [6.07, 6.45) is 8.84. The molecule has 0 aliphatic heterocycles. The quantitative estimate of drug-likeness (QED) is 0.544. The van der Waals surface area contributed by atoms with Crippen LogP contribution in [0.25, 0.3) is 0 Å². The minimum Gasteiger partial charge on any atom is -0.484 e. The van der Waals surface area contributed by atoms with Gasteiger partial charge in [0.1, 0.15) is 5.75 Å².